The van der Waals surface area contributed by atoms with E-state index in [1.807, 2.05) is 0 Å². The lowest BCUT2D eigenvalue weighted by atomic mass is 10.1. The molecule has 2 rings (SSSR count). The maximum atomic E-state index is 11.8. The van der Waals surface area contributed by atoms with Crippen molar-refractivity contribution in [2.24, 2.45) is 5.92 Å². The van der Waals surface area contributed by atoms with E-state index in [4.69, 9.17) is 14.2 Å². The van der Waals surface area contributed by atoms with Crippen molar-refractivity contribution in [2.75, 3.05) is 13.4 Å². The van der Waals surface area contributed by atoms with Gasteiger partial charge in [0.15, 0.2) is 23.9 Å². The number of benzene rings is 1. The highest BCUT2D eigenvalue weighted by molar-refractivity contribution is 5.95. The minimum Gasteiger partial charge on any atom is -0.454 e. The SMILES string of the molecule is CC(C)C(=O)COC(=O)c1cccc2c1OCO2. The monoisotopic (exact) mass is 250 g/mol. The number of carbonyl (C=O) groups excluding carboxylic acids is 2. The van der Waals surface area contributed by atoms with Crippen molar-refractivity contribution < 1.29 is 23.8 Å². The van der Waals surface area contributed by atoms with Crippen molar-refractivity contribution in [3.05, 3.63) is 23.8 Å². The van der Waals surface area contributed by atoms with Crippen molar-refractivity contribution in [3.63, 3.8) is 0 Å². The number of hydrogen-bond acceptors (Lipinski definition) is 5. The first-order chi connectivity index (χ1) is 8.59. The Kier molecular flexibility index (Phi) is 3.50. The fourth-order valence-electron chi connectivity index (χ4n) is 1.47. The van der Waals surface area contributed by atoms with Gasteiger partial charge in [-0.25, -0.2) is 4.79 Å². The van der Waals surface area contributed by atoms with Crippen molar-refractivity contribution in [1.82, 2.24) is 0 Å². The highest BCUT2D eigenvalue weighted by atomic mass is 16.7. The maximum absolute atomic E-state index is 11.8. The van der Waals surface area contributed by atoms with E-state index in [9.17, 15) is 9.59 Å². The molecule has 0 bridgehead atoms. The van der Waals surface area contributed by atoms with Crippen LogP contribution >= 0.6 is 0 Å². The van der Waals surface area contributed by atoms with Gasteiger partial charge >= 0.3 is 5.97 Å². The van der Waals surface area contributed by atoms with E-state index in [1.54, 1.807) is 32.0 Å². The molecule has 0 N–H and O–H groups in total. The summed E-state index contributed by atoms with van der Waals surface area (Å²) in [6.45, 7) is 3.38. The number of carbonyl (C=O) groups is 2. The van der Waals surface area contributed by atoms with Gasteiger partial charge in [-0.15, -0.1) is 0 Å². The summed E-state index contributed by atoms with van der Waals surface area (Å²) in [6.07, 6.45) is 0. The number of fused-ring (bicyclic) bond motifs is 1. The second-order valence-electron chi connectivity index (χ2n) is 4.24. The summed E-state index contributed by atoms with van der Waals surface area (Å²) in [6, 6.07) is 4.96. The normalized spacial score (nSPS) is 12.6. The van der Waals surface area contributed by atoms with Crippen LogP contribution in [-0.4, -0.2) is 25.2 Å². The van der Waals surface area contributed by atoms with Crippen molar-refractivity contribution in [2.45, 2.75) is 13.8 Å². The smallest absolute Gasteiger partial charge is 0.342 e. The Hall–Kier alpha value is -2.04. The Morgan fingerprint density at radius 2 is 2.11 bits per heavy atom. The van der Waals surface area contributed by atoms with E-state index in [2.05, 4.69) is 0 Å². The molecule has 0 saturated carbocycles. The van der Waals surface area contributed by atoms with E-state index in [1.165, 1.54) is 0 Å². The van der Waals surface area contributed by atoms with Gasteiger partial charge in [-0.3, -0.25) is 4.79 Å². The van der Waals surface area contributed by atoms with Crippen LogP contribution in [0.5, 0.6) is 11.5 Å². The summed E-state index contributed by atoms with van der Waals surface area (Å²) in [5.74, 6) is 0.0393. The molecule has 0 amide bonds. The average molecular weight is 250 g/mol. The molecule has 0 atom stereocenters. The van der Waals surface area contributed by atoms with Gasteiger partial charge < -0.3 is 14.2 Å². The van der Waals surface area contributed by atoms with Crippen molar-refractivity contribution in [1.29, 1.82) is 0 Å². The second kappa shape index (κ2) is 5.08. The van der Waals surface area contributed by atoms with Gasteiger partial charge in [0, 0.05) is 5.92 Å². The zero-order valence-corrected chi connectivity index (χ0v) is 10.3. The molecule has 5 heteroatoms. The summed E-state index contributed by atoms with van der Waals surface area (Å²) < 4.78 is 15.3. The molecular formula is C13H14O5. The van der Waals surface area contributed by atoms with Crippen molar-refractivity contribution in [3.8, 4) is 11.5 Å². The number of Topliss-reactive ketones (excluding diaryl/α,β-unsaturated/α-hetero) is 1. The molecule has 0 spiro atoms. The van der Waals surface area contributed by atoms with Gasteiger partial charge in [-0.05, 0) is 12.1 Å². The van der Waals surface area contributed by atoms with Gasteiger partial charge in [0.05, 0.1) is 0 Å². The van der Waals surface area contributed by atoms with Crippen LogP contribution in [0, 0.1) is 5.92 Å². The first-order valence-electron chi connectivity index (χ1n) is 5.68. The van der Waals surface area contributed by atoms with Crippen LogP contribution in [-0.2, 0) is 9.53 Å². The van der Waals surface area contributed by atoms with Crippen LogP contribution in [0.4, 0.5) is 0 Å². The minimum atomic E-state index is -0.577. The summed E-state index contributed by atoms with van der Waals surface area (Å²) in [5, 5.41) is 0. The Balaban J connectivity index is 2.06. The average Bonchev–Trinajstić information content (AvgIpc) is 2.83. The molecule has 0 saturated heterocycles. The van der Waals surface area contributed by atoms with Crippen LogP contribution in [0.3, 0.4) is 0 Å². The lowest BCUT2D eigenvalue weighted by Gasteiger charge is -2.07. The summed E-state index contributed by atoms with van der Waals surface area (Å²) in [5.41, 5.74) is 0.279. The van der Waals surface area contributed by atoms with E-state index in [0.717, 1.165) is 0 Å². The third-order valence-electron chi connectivity index (χ3n) is 2.61. The lowest BCUT2D eigenvalue weighted by Crippen LogP contribution is -2.18. The van der Waals surface area contributed by atoms with E-state index in [-0.39, 0.29) is 30.7 Å². The Morgan fingerprint density at radius 1 is 1.33 bits per heavy atom. The molecule has 1 aromatic rings. The van der Waals surface area contributed by atoms with Crippen LogP contribution in [0.2, 0.25) is 0 Å². The molecule has 0 aliphatic carbocycles. The minimum absolute atomic E-state index is 0.0878. The standard InChI is InChI=1S/C13H14O5/c1-8(2)10(14)6-16-13(15)9-4-3-5-11-12(9)18-7-17-11/h3-5,8H,6-7H2,1-2H3. The Labute approximate surface area is 105 Å². The first kappa shape index (κ1) is 12.4. The topological polar surface area (TPSA) is 61.8 Å². The van der Waals surface area contributed by atoms with Gasteiger partial charge in [0.25, 0.3) is 0 Å². The zero-order chi connectivity index (χ0) is 13.1. The van der Waals surface area contributed by atoms with Crippen LogP contribution in [0.1, 0.15) is 24.2 Å². The van der Waals surface area contributed by atoms with E-state index in [0.29, 0.717) is 11.5 Å². The lowest BCUT2D eigenvalue weighted by molar-refractivity contribution is -0.125. The first-order valence-corrected chi connectivity index (χ1v) is 5.68. The molecule has 1 aliphatic heterocycles. The number of para-hydroxylation sites is 1. The van der Waals surface area contributed by atoms with Crippen LogP contribution in [0.15, 0.2) is 18.2 Å². The third kappa shape index (κ3) is 2.45. The van der Waals surface area contributed by atoms with Gasteiger partial charge in [-0.1, -0.05) is 19.9 Å². The quantitative estimate of drug-likeness (QED) is 0.762. The fourth-order valence-corrected chi connectivity index (χ4v) is 1.47. The van der Waals surface area contributed by atoms with Crippen molar-refractivity contribution >= 4 is 11.8 Å². The summed E-state index contributed by atoms with van der Waals surface area (Å²) in [7, 11) is 0. The molecule has 18 heavy (non-hydrogen) atoms. The highest BCUT2D eigenvalue weighted by Gasteiger charge is 2.23. The number of ketones is 1. The molecule has 0 unspecified atom stereocenters. The number of hydrogen-bond donors (Lipinski definition) is 0. The van der Waals surface area contributed by atoms with Gasteiger partial charge in [-0.2, -0.15) is 0 Å². The molecular weight excluding hydrogens is 236 g/mol. The fraction of sp³-hybridized carbons (Fsp3) is 0.385. The van der Waals surface area contributed by atoms with Gasteiger partial charge in [0.2, 0.25) is 6.79 Å². The second-order valence-corrected chi connectivity index (χ2v) is 4.24. The molecule has 1 aliphatic rings. The van der Waals surface area contributed by atoms with E-state index >= 15 is 0 Å². The van der Waals surface area contributed by atoms with Crippen LogP contribution in [0.25, 0.3) is 0 Å². The molecule has 5 nitrogen and oxygen atoms in total. The number of ether oxygens (including phenoxy) is 3. The summed E-state index contributed by atoms with van der Waals surface area (Å²) in [4.78, 5) is 23.2. The molecule has 0 radical (unpaired) electrons. The molecule has 0 fully saturated rings. The largest absolute Gasteiger partial charge is 0.454 e. The molecule has 0 aromatic heterocycles. The Bertz CT molecular complexity index is 478. The zero-order valence-electron chi connectivity index (χ0n) is 10.3. The molecule has 1 heterocycles. The van der Waals surface area contributed by atoms with Crippen LogP contribution < -0.4 is 9.47 Å². The van der Waals surface area contributed by atoms with E-state index < -0.39 is 5.97 Å². The Morgan fingerprint density at radius 3 is 2.83 bits per heavy atom. The molecule has 1 aromatic carbocycles. The number of rotatable bonds is 4. The predicted molar refractivity (Wildman–Crippen MR) is 62.7 cm³/mol. The maximum Gasteiger partial charge on any atom is 0.342 e. The van der Waals surface area contributed by atoms with Gasteiger partial charge in [0.1, 0.15) is 5.56 Å². The third-order valence-corrected chi connectivity index (χ3v) is 2.61. The summed E-state index contributed by atoms with van der Waals surface area (Å²) >= 11 is 0. The molecule has 96 valence electrons. The highest BCUT2D eigenvalue weighted by Crippen LogP contribution is 2.35. The number of esters is 1. The predicted octanol–water partition coefficient (Wildman–Crippen LogP) is 1.80.